The summed E-state index contributed by atoms with van der Waals surface area (Å²) in [6.45, 7) is 3.26. The number of carbonyl (C=O) groups is 1. The topological polar surface area (TPSA) is 84.7 Å². The highest BCUT2D eigenvalue weighted by Gasteiger charge is 2.07. The second-order valence-electron chi connectivity index (χ2n) is 4.30. The number of anilines is 1. The summed E-state index contributed by atoms with van der Waals surface area (Å²) in [5.74, 6) is 0.439. The summed E-state index contributed by atoms with van der Waals surface area (Å²) in [6, 6.07) is 1.93. The SMILES string of the molecule is CCNc1cnc(C(=O)NCCc2ccn(C)n2)cn1. The smallest absolute Gasteiger partial charge is 0.271 e. The first kappa shape index (κ1) is 14.0. The fourth-order valence-corrected chi connectivity index (χ4v) is 1.71. The summed E-state index contributed by atoms with van der Waals surface area (Å²) in [7, 11) is 1.86. The standard InChI is InChI=1S/C13H18N6O/c1-3-14-12-9-16-11(8-17-12)13(20)15-6-4-10-5-7-19(2)18-10/h5,7-9H,3-4,6H2,1-2H3,(H,14,17)(H,15,20). The third-order valence-corrected chi connectivity index (χ3v) is 2.68. The molecule has 0 aliphatic carbocycles. The number of hydrogen-bond donors (Lipinski definition) is 2. The van der Waals surface area contributed by atoms with Gasteiger partial charge in [0.05, 0.1) is 18.1 Å². The third kappa shape index (κ3) is 3.78. The predicted molar refractivity (Wildman–Crippen MR) is 75.4 cm³/mol. The van der Waals surface area contributed by atoms with Crippen LogP contribution in [0.4, 0.5) is 5.82 Å². The molecule has 0 bridgehead atoms. The fraction of sp³-hybridized carbons (Fsp3) is 0.385. The lowest BCUT2D eigenvalue weighted by atomic mass is 10.3. The quantitative estimate of drug-likeness (QED) is 0.806. The summed E-state index contributed by atoms with van der Waals surface area (Å²) in [6.07, 6.45) is 5.59. The van der Waals surface area contributed by atoms with E-state index in [0.717, 1.165) is 12.2 Å². The summed E-state index contributed by atoms with van der Waals surface area (Å²) in [5.41, 5.74) is 1.26. The van der Waals surface area contributed by atoms with E-state index in [0.29, 0.717) is 24.5 Å². The van der Waals surface area contributed by atoms with Crippen molar-refractivity contribution in [3.05, 3.63) is 36.0 Å². The van der Waals surface area contributed by atoms with Gasteiger partial charge < -0.3 is 10.6 Å². The van der Waals surface area contributed by atoms with Gasteiger partial charge in [-0.25, -0.2) is 9.97 Å². The van der Waals surface area contributed by atoms with Gasteiger partial charge in [-0.15, -0.1) is 0 Å². The highest BCUT2D eigenvalue weighted by Crippen LogP contribution is 2.00. The maximum Gasteiger partial charge on any atom is 0.271 e. The molecule has 7 heteroatoms. The number of carbonyl (C=O) groups excluding carboxylic acids is 1. The molecule has 0 saturated carbocycles. The average molecular weight is 274 g/mol. The molecule has 0 fully saturated rings. The molecule has 0 aliphatic rings. The molecule has 0 atom stereocenters. The lowest BCUT2D eigenvalue weighted by Gasteiger charge is -2.04. The summed E-state index contributed by atoms with van der Waals surface area (Å²) in [5, 5.41) is 10.1. The normalized spacial score (nSPS) is 10.3. The Kier molecular flexibility index (Phi) is 4.65. The summed E-state index contributed by atoms with van der Waals surface area (Å²) in [4.78, 5) is 20.0. The zero-order chi connectivity index (χ0) is 14.4. The van der Waals surface area contributed by atoms with Gasteiger partial charge in [-0.2, -0.15) is 5.10 Å². The van der Waals surface area contributed by atoms with Gasteiger partial charge >= 0.3 is 0 Å². The lowest BCUT2D eigenvalue weighted by Crippen LogP contribution is -2.26. The van der Waals surface area contributed by atoms with E-state index in [1.165, 1.54) is 6.20 Å². The van der Waals surface area contributed by atoms with Crippen molar-refractivity contribution in [1.82, 2.24) is 25.1 Å². The third-order valence-electron chi connectivity index (χ3n) is 2.68. The van der Waals surface area contributed by atoms with Crippen LogP contribution in [-0.2, 0) is 13.5 Å². The molecule has 2 aromatic rings. The molecule has 106 valence electrons. The molecule has 0 aliphatic heterocycles. The van der Waals surface area contributed by atoms with Crippen LogP contribution in [0.3, 0.4) is 0 Å². The molecule has 20 heavy (non-hydrogen) atoms. The zero-order valence-corrected chi connectivity index (χ0v) is 11.6. The van der Waals surface area contributed by atoms with Crippen molar-refractivity contribution in [2.45, 2.75) is 13.3 Å². The Bertz CT molecular complexity index is 562. The van der Waals surface area contributed by atoms with Gasteiger partial charge in [-0.05, 0) is 13.0 Å². The molecule has 2 N–H and O–H groups in total. The van der Waals surface area contributed by atoms with E-state index in [1.54, 1.807) is 10.9 Å². The zero-order valence-electron chi connectivity index (χ0n) is 11.6. The van der Waals surface area contributed by atoms with Crippen LogP contribution in [0.2, 0.25) is 0 Å². The summed E-state index contributed by atoms with van der Waals surface area (Å²) >= 11 is 0. The van der Waals surface area contributed by atoms with Crippen molar-refractivity contribution in [3.63, 3.8) is 0 Å². The largest absolute Gasteiger partial charge is 0.369 e. The molecule has 7 nitrogen and oxygen atoms in total. The van der Waals surface area contributed by atoms with Crippen molar-refractivity contribution in [3.8, 4) is 0 Å². The Labute approximate surface area is 117 Å². The van der Waals surface area contributed by atoms with Crippen molar-refractivity contribution >= 4 is 11.7 Å². The van der Waals surface area contributed by atoms with E-state index in [-0.39, 0.29) is 5.91 Å². The van der Waals surface area contributed by atoms with E-state index in [4.69, 9.17) is 0 Å². The number of nitrogens with one attached hydrogen (secondary N) is 2. The van der Waals surface area contributed by atoms with E-state index in [9.17, 15) is 4.79 Å². The summed E-state index contributed by atoms with van der Waals surface area (Å²) < 4.78 is 1.74. The van der Waals surface area contributed by atoms with Gasteiger partial charge in [0.15, 0.2) is 0 Å². The second-order valence-corrected chi connectivity index (χ2v) is 4.30. The first-order valence-electron chi connectivity index (χ1n) is 6.51. The minimum absolute atomic E-state index is 0.225. The van der Waals surface area contributed by atoms with E-state index >= 15 is 0 Å². The second kappa shape index (κ2) is 6.65. The predicted octanol–water partition coefficient (Wildman–Crippen LogP) is 0.614. The molecule has 0 spiro atoms. The molecule has 2 heterocycles. The van der Waals surface area contributed by atoms with Gasteiger partial charge in [0.1, 0.15) is 11.5 Å². The van der Waals surface area contributed by atoms with Crippen molar-refractivity contribution < 1.29 is 4.79 Å². The van der Waals surface area contributed by atoms with Crippen molar-refractivity contribution in [2.75, 3.05) is 18.4 Å². The van der Waals surface area contributed by atoms with Crippen molar-refractivity contribution in [1.29, 1.82) is 0 Å². The molecule has 0 radical (unpaired) electrons. The maximum absolute atomic E-state index is 11.8. The number of rotatable bonds is 6. The Balaban J connectivity index is 1.82. The van der Waals surface area contributed by atoms with E-state index in [2.05, 4.69) is 25.7 Å². The van der Waals surface area contributed by atoms with Gasteiger partial charge in [0, 0.05) is 32.8 Å². The van der Waals surface area contributed by atoms with Crippen LogP contribution in [0.1, 0.15) is 23.1 Å². The molecule has 2 aromatic heterocycles. The lowest BCUT2D eigenvalue weighted by molar-refractivity contribution is 0.0948. The fourth-order valence-electron chi connectivity index (χ4n) is 1.71. The van der Waals surface area contributed by atoms with Gasteiger partial charge in [-0.1, -0.05) is 0 Å². The average Bonchev–Trinajstić information content (AvgIpc) is 2.85. The van der Waals surface area contributed by atoms with Crippen LogP contribution in [-0.4, -0.2) is 38.7 Å². The van der Waals surface area contributed by atoms with Crippen LogP contribution in [0, 0.1) is 0 Å². The first-order chi connectivity index (χ1) is 9.69. The van der Waals surface area contributed by atoms with Crippen LogP contribution in [0.5, 0.6) is 0 Å². The Morgan fingerprint density at radius 2 is 2.20 bits per heavy atom. The molecular weight excluding hydrogens is 256 g/mol. The molecular formula is C13H18N6O. The van der Waals surface area contributed by atoms with Gasteiger partial charge in [0.25, 0.3) is 5.91 Å². The molecule has 2 rings (SSSR count). The van der Waals surface area contributed by atoms with Gasteiger partial charge in [0.2, 0.25) is 0 Å². The number of aromatic nitrogens is 4. The Morgan fingerprint density at radius 3 is 2.80 bits per heavy atom. The molecule has 0 unspecified atom stereocenters. The Hall–Kier alpha value is -2.44. The van der Waals surface area contributed by atoms with Gasteiger partial charge in [-0.3, -0.25) is 9.48 Å². The first-order valence-corrected chi connectivity index (χ1v) is 6.51. The van der Waals surface area contributed by atoms with Crippen LogP contribution >= 0.6 is 0 Å². The highest BCUT2D eigenvalue weighted by atomic mass is 16.1. The van der Waals surface area contributed by atoms with Crippen molar-refractivity contribution in [2.24, 2.45) is 7.05 Å². The van der Waals surface area contributed by atoms with E-state index in [1.807, 2.05) is 26.2 Å². The molecule has 0 aromatic carbocycles. The monoisotopic (exact) mass is 274 g/mol. The number of nitrogens with zero attached hydrogens (tertiary/aromatic N) is 4. The minimum atomic E-state index is -0.225. The Morgan fingerprint density at radius 1 is 1.35 bits per heavy atom. The number of hydrogen-bond acceptors (Lipinski definition) is 5. The van der Waals surface area contributed by atoms with E-state index < -0.39 is 0 Å². The number of aryl methyl sites for hydroxylation is 1. The van der Waals surface area contributed by atoms with Crippen LogP contribution in [0.25, 0.3) is 0 Å². The van der Waals surface area contributed by atoms with Crippen LogP contribution < -0.4 is 10.6 Å². The highest BCUT2D eigenvalue weighted by molar-refractivity contribution is 5.91. The minimum Gasteiger partial charge on any atom is -0.369 e. The molecule has 0 saturated heterocycles. The molecule has 1 amide bonds. The van der Waals surface area contributed by atoms with Crippen LogP contribution in [0.15, 0.2) is 24.7 Å². The number of amides is 1. The maximum atomic E-state index is 11.8.